The fraction of sp³-hybridized carbons (Fsp3) is 0.0625. The largest absolute Gasteiger partial charge is 0.484 e. The summed E-state index contributed by atoms with van der Waals surface area (Å²) in [5.41, 5.74) is 1.57. The Morgan fingerprint density at radius 2 is 1.86 bits per heavy atom. The molecular formula is C16H14N4O2. The molecule has 110 valence electrons. The first kappa shape index (κ1) is 13.8. The first-order chi connectivity index (χ1) is 10.8. The van der Waals surface area contributed by atoms with Crippen molar-refractivity contribution in [3.8, 4) is 11.4 Å². The number of nitrogens with one attached hydrogen (secondary N) is 1. The van der Waals surface area contributed by atoms with Crippen molar-refractivity contribution < 1.29 is 9.53 Å². The number of nitrogens with zero attached hydrogens (tertiary/aromatic N) is 3. The van der Waals surface area contributed by atoms with E-state index in [0.29, 0.717) is 11.4 Å². The first-order valence-electron chi connectivity index (χ1n) is 6.74. The van der Waals surface area contributed by atoms with Crippen LogP contribution in [-0.4, -0.2) is 27.3 Å². The van der Waals surface area contributed by atoms with Crippen LogP contribution in [0.2, 0.25) is 0 Å². The molecule has 0 bridgehead atoms. The van der Waals surface area contributed by atoms with Crippen molar-refractivity contribution >= 4 is 11.6 Å². The molecule has 3 aromatic rings. The van der Waals surface area contributed by atoms with E-state index in [4.69, 9.17) is 4.74 Å². The van der Waals surface area contributed by atoms with Gasteiger partial charge in [-0.3, -0.25) is 4.79 Å². The van der Waals surface area contributed by atoms with Crippen LogP contribution in [0.4, 0.5) is 5.69 Å². The number of benzene rings is 2. The Morgan fingerprint density at radius 3 is 2.55 bits per heavy atom. The summed E-state index contributed by atoms with van der Waals surface area (Å²) in [7, 11) is 0. The number of carbonyl (C=O) groups excluding carboxylic acids is 1. The van der Waals surface area contributed by atoms with Crippen LogP contribution in [-0.2, 0) is 4.79 Å². The van der Waals surface area contributed by atoms with Gasteiger partial charge in [-0.25, -0.2) is 9.67 Å². The van der Waals surface area contributed by atoms with Crippen molar-refractivity contribution in [2.45, 2.75) is 0 Å². The topological polar surface area (TPSA) is 69.0 Å². The van der Waals surface area contributed by atoms with Crippen molar-refractivity contribution in [2.75, 3.05) is 11.9 Å². The maximum atomic E-state index is 11.8. The van der Waals surface area contributed by atoms with E-state index in [1.54, 1.807) is 35.3 Å². The van der Waals surface area contributed by atoms with Crippen LogP contribution in [0.5, 0.6) is 5.75 Å². The highest BCUT2D eigenvalue weighted by Crippen LogP contribution is 2.12. The van der Waals surface area contributed by atoms with E-state index in [1.165, 1.54) is 6.33 Å². The van der Waals surface area contributed by atoms with Gasteiger partial charge in [0, 0.05) is 5.69 Å². The second-order valence-corrected chi connectivity index (χ2v) is 4.54. The zero-order chi connectivity index (χ0) is 15.2. The number of carbonyl (C=O) groups is 1. The maximum Gasteiger partial charge on any atom is 0.262 e. The number of anilines is 1. The van der Waals surface area contributed by atoms with Gasteiger partial charge in [0.25, 0.3) is 5.91 Å². The predicted octanol–water partition coefficient (Wildman–Crippen LogP) is 2.28. The van der Waals surface area contributed by atoms with Crippen molar-refractivity contribution in [1.29, 1.82) is 0 Å². The van der Waals surface area contributed by atoms with E-state index < -0.39 is 0 Å². The van der Waals surface area contributed by atoms with Crippen LogP contribution in [0.15, 0.2) is 67.3 Å². The van der Waals surface area contributed by atoms with Gasteiger partial charge in [0.15, 0.2) is 6.61 Å². The summed E-state index contributed by atoms with van der Waals surface area (Å²) < 4.78 is 7.03. The average molecular weight is 294 g/mol. The number of amides is 1. The van der Waals surface area contributed by atoms with Gasteiger partial charge in [-0.15, -0.1) is 0 Å². The van der Waals surface area contributed by atoms with Crippen molar-refractivity contribution in [2.24, 2.45) is 0 Å². The van der Waals surface area contributed by atoms with Gasteiger partial charge in [0.05, 0.1) is 5.69 Å². The molecule has 0 saturated carbocycles. The fourth-order valence-electron chi connectivity index (χ4n) is 1.90. The lowest BCUT2D eigenvalue weighted by Gasteiger charge is -2.08. The molecule has 0 aliphatic rings. The molecule has 1 aromatic heterocycles. The molecule has 0 saturated heterocycles. The molecule has 0 atom stereocenters. The van der Waals surface area contributed by atoms with E-state index in [2.05, 4.69) is 15.4 Å². The van der Waals surface area contributed by atoms with Crippen LogP contribution >= 0.6 is 0 Å². The molecule has 0 radical (unpaired) electrons. The molecule has 6 nitrogen and oxygen atoms in total. The standard InChI is InChI=1S/C16H14N4O2/c21-16(10-22-15-4-2-1-3-5-15)19-13-6-8-14(9-7-13)20-12-17-11-18-20/h1-9,11-12H,10H2,(H,19,21). The van der Waals surface area contributed by atoms with Crippen LogP contribution in [0, 0.1) is 0 Å². The minimum Gasteiger partial charge on any atom is -0.484 e. The molecule has 0 spiro atoms. The molecule has 0 aliphatic heterocycles. The summed E-state index contributed by atoms with van der Waals surface area (Å²) in [4.78, 5) is 15.7. The monoisotopic (exact) mass is 294 g/mol. The molecule has 0 aliphatic carbocycles. The van der Waals surface area contributed by atoms with E-state index >= 15 is 0 Å². The van der Waals surface area contributed by atoms with Crippen LogP contribution in [0.3, 0.4) is 0 Å². The SMILES string of the molecule is O=C(COc1ccccc1)Nc1ccc(-n2cncn2)cc1. The smallest absolute Gasteiger partial charge is 0.262 e. The van der Waals surface area contributed by atoms with Crippen LogP contribution in [0.25, 0.3) is 5.69 Å². The van der Waals surface area contributed by atoms with Crippen LogP contribution < -0.4 is 10.1 Å². The molecule has 2 aromatic carbocycles. The summed E-state index contributed by atoms with van der Waals surface area (Å²) in [5, 5.41) is 6.81. The molecule has 22 heavy (non-hydrogen) atoms. The predicted molar refractivity (Wildman–Crippen MR) is 81.9 cm³/mol. The Labute approximate surface area is 127 Å². The fourth-order valence-corrected chi connectivity index (χ4v) is 1.90. The van der Waals surface area contributed by atoms with Crippen molar-refractivity contribution in [3.05, 3.63) is 67.3 Å². The lowest BCUT2D eigenvalue weighted by Crippen LogP contribution is -2.20. The van der Waals surface area contributed by atoms with Crippen LogP contribution in [0.1, 0.15) is 0 Å². The molecule has 3 rings (SSSR count). The third-order valence-corrected chi connectivity index (χ3v) is 2.95. The Morgan fingerprint density at radius 1 is 1.09 bits per heavy atom. The van der Waals surface area contributed by atoms with Gasteiger partial charge >= 0.3 is 0 Å². The zero-order valence-corrected chi connectivity index (χ0v) is 11.7. The Kier molecular flexibility index (Phi) is 4.10. The van der Waals surface area contributed by atoms with Crippen molar-refractivity contribution in [3.63, 3.8) is 0 Å². The first-order valence-corrected chi connectivity index (χ1v) is 6.74. The second kappa shape index (κ2) is 6.53. The lowest BCUT2D eigenvalue weighted by atomic mass is 10.3. The Hall–Kier alpha value is -3.15. The van der Waals surface area contributed by atoms with E-state index in [-0.39, 0.29) is 12.5 Å². The van der Waals surface area contributed by atoms with E-state index in [9.17, 15) is 4.79 Å². The molecule has 1 N–H and O–H groups in total. The van der Waals surface area contributed by atoms with Crippen molar-refractivity contribution in [1.82, 2.24) is 14.8 Å². The Balaban J connectivity index is 1.55. The highest BCUT2D eigenvalue weighted by molar-refractivity contribution is 5.91. The Bertz CT molecular complexity index is 725. The summed E-state index contributed by atoms with van der Waals surface area (Å²) >= 11 is 0. The normalized spacial score (nSPS) is 10.2. The van der Waals surface area contributed by atoms with Gasteiger partial charge in [-0.2, -0.15) is 5.10 Å². The average Bonchev–Trinajstić information content (AvgIpc) is 3.09. The van der Waals surface area contributed by atoms with Gasteiger partial charge in [0.2, 0.25) is 0 Å². The number of ether oxygens (including phenoxy) is 1. The van der Waals surface area contributed by atoms with E-state index in [0.717, 1.165) is 5.69 Å². The third kappa shape index (κ3) is 3.49. The third-order valence-electron chi connectivity index (χ3n) is 2.95. The summed E-state index contributed by atoms with van der Waals surface area (Å²) in [6.07, 6.45) is 3.08. The summed E-state index contributed by atoms with van der Waals surface area (Å²) in [6, 6.07) is 16.5. The van der Waals surface area contributed by atoms with E-state index in [1.807, 2.05) is 30.3 Å². The number of rotatable bonds is 5. The molecule has 1 heterocycles. The number of hydrogen-bond donors (Lipinski definition) is 1. The minimum absolute atomic E-state index is 0.0329. The van der Waals surface area contributed by atoms with Gasteiger partial charge in [-0.05, 0) is 36.4 Å². The number of aromatic nitrogens is 3. The quantitative estimate of drug-likeness (QED) is 0.784. The molecule has 0 unspecified atom stereocenters. The molecule has 0 fully saturated rings. The molecule has 6 heteroatoms. The lowest BCUT2D eigenvalue weighted by molar-refractivity contribution is -0.118. The summed E-state index contributed by atoms with van der Waals surface area (Å²) in [5.74, 6) is 0.455. The van der Waals surface area contributed by atoms with Gasteiger partial charge < -0.3 is 10.1 Å². The highest BCUT2D eigenvalue weighted by Gasteiger charge is 2.04. The highest BCUT2D eigenvalue weighted by atomic mass is 16.5. The second-order valence-electron chi connectivity index (χ2n) is 4.54. The minimum atomic E-state index is -0.211. The maximum absolute atomic E-state index is 11.8. The summed E-state index contributed by atoms with van der Waals surface area (Å²) in [6.45, 7) is -0.0329. The van der Waals surface area contributed by atoms with Gasteiger partial charge in [-0.1, -0.05) is 18.2 Å². The molecular weight excluding hydrogens is 280 g/mol. The number of hydrogen-bond acceptors (Lipinski definition) is 4. The molecule has 1 amide bonds. The van der Waals surface area contributed by atoms with Gasteiger partial charge in [0.1, 0.15) is 18.4 Å². The zero-order valence-electron chi connectivity index (χ0n) is 11.7. The number of para-hydroxylation sites is 1.